The quantitative estimate of drug-likeness (QED) is 0.716. The number of rotatable bonds is 4. The predicted octanol–water partition coefficient (Wildman–Crippen LogP) is 1.75. The zero-order valence-electron chi connectivity index (χ0n) is 16.6. The highest BCUT2D eigenvalue weighted by molar-refractivity contribution is 6.10. The van der Waals surface area contributed by atoms with Gasteiger partial charge in [-0.15, -0.1) is 0 Å². The Morgan fingerprint density at radius 3 is 2.77 bits per heavy atom. The SMILES string of the molecule is CNCC(=O)NC1CCN2C(=O)c3cc(-c4ccccc4F)ccc3NC(=O)C2C1. The van der Waals surface area contributed by atoms with Crippen molar-refractivity contribution in [2.75, 3.05) is 25.5 Å². The van der Waals surface area contributed by atoms with Crippen LogP contribution in [0.3, 0.4) is 0 Å². The number of halogens is 1. The standard InChI is InChI=1S/C22H23FN4O3/c1-24-12-20(28)25-14-8-9-27-19(11-14)21(29)26-18-7-6-13(10-16(18)22(27)30)15-4-2-3-5-17(15)23/h2-7,10,14,19,24H,8-9,11-12H2,1H3,(H,25,28)(H,26,29). The van der Waals surface area contributed by atoms with E-state index in [1.165, 1.54) is 6.07 Å². The van der Waals surface area contributed by atoms with E-state index in [1.54, 1.807) is 48.3 Å². The van der Waals surface area contributed by atoms with E-state index >= 15 is 0 Å². The molecule has 2 aromatic carbocycles. The highest BCUT2D eigenvalue weighted by Crippen LogP contribution is 2.32. The Morgan fingerprint density at radius 2 is 2.00 bits per heavy atom. The molecule has 0 bridgehead atoms. The highest BCUT2D eigenvalue weighted by Gasteiger charge is 2.40. The van der Waals surface area contributed by atoms with Crippen LogP contribution in [0.15, 0.2) is 42.5 Å². The van der Waals surface area contributed by atoms with Crippen molar-refractivity contribution >= 4 is 23.4 Å². The lowest BCUT2D eigenvalue weighted by Gasteiger charge is -2.37. The number of carbonyl (C=O) groups excluding carboxylic acids is 3. The zero-order chi connectivity index (χ0) is 21.3. The third kappa shape index (κ3) is 3.78. The van der Waals surface area contributed by atoms with E-state index in [2.05, 4.69) is 16.0 Å². The number of nitrogens with zero attached hydrogens (tertiary/aromatic N) is 1. The van der Waals surface area contributed by atoms with Crippen LogP contribution >= 0.6 is 0 Å². The fraction of sp³-hybridized carbons (Fsp3) is 0.318. The van der Waals surface area contributed by atoms with Gasteiger partial charge in [-0.05, 0) is 43.7 Å². The van der Waals surface area contributed by atoms with Gasteiger partial charge in [0.1, 0.15) is 11.9 Å². The number of piperidine rings is 1. The van der Waals surface area contributed by atoms with Crippen LogP contribution in [0.25, 0.3) is 11.1 Å². The van der Waals surface area contributed by atoms with Crippen molar-refractivity contribution < 1.29 is 18.8 Å². The van der Waals surface area contributed by atoms with Crippen LogP contribution in [-0.2, 0) is 9.59 Å². The average Bonchev–Trinajstić information content (AvgIpc) is 2.83. The first-order chi connectivity index (χ1) is 14.5. The van der Waals surface area contributed by atoms with Crippen molar-refractivity contribution in [1.29, 1.82) is 0 Å². The number of carbonyl (C=O) groups is 3. The largest absolute Gasteiger partial charge is 0.352 e. The summed E-state index contributed by atoms with van der Waals surface area (Å²) in [5.74, 6) is -1.08. The summed E-state index contributed by atoms with van der Waals surface area (Å²) < 4.78 is 14.2. The van der Waals surface area contributed by atoms with Crippen LogP contribution in [0.1, 0.15) is 23.2 Å². The first-order valence-electron chi connectivity index (χ1n) is 9.92. The van der Waals surface area contributed by atoms with Gasteiger partial charge in [0.2, 0.25) is 11.8 Å². The van der Waals surface area contributed by atoms with Crippen LogP contribution in [0, 0.1) is 5.82 Å². The van der Waals surface area contributed by atoms with E-state index < -0.39 is 6.04 Å². The molecule has 30 heavy (non-hydrogen) atoms. The van der Waals surface area contributed by atoms with E-state index in [-0.39, 0.29) is 36.1 Å². The summed E-state index contributed by atoms with van der Waals surface area (Å²) in [4.78, 5) is 39.5. The smallest absolute Gasteiger partial charge is 0.256 e. The molecule has 2 heterocycles. The molecule has 0 saturated carbocycles. The Morgan fingerprint density at radius 1 is 1.20 bits per heavy atom. The van der Waals surface area contributed by atoms with Crippen molar-refractivity contribution in [1.82, 2.24) is 15.5 Å². The molecule has 0 aliphatic carbocycles. The minimum Gasteiger partial charge on any atom is -0.352 e. The van der Waals surface area contributed by atoms with Gasteiger partial charge in [-0.2, -0.15) is 0 Å². The molecule has 2 unspecified atom stereocenters. The molecule has 7 nitrogen and oxygen atoms in total. The second-order valence-corrected chi connectivity index (χ2v) is 7.56. The summed E-state index contributed by atoms with van der Waals surface area (Å²) in [6.07, 6.45) is 0.911. The molecule has 0 aromatic heterocycles. The van der Waals surface area contributed by atoms with E-state index in [0.29, 0.717) is 41.8 Å². The molecule has 2 aliphatic heterocycles. The maximum absolute atomic E-state index is 14.2. The number of hydrogen-bond acceptors (Lipinski definition) is 4. The molecule has 0 spiro atoms. The van der Waals surface area contributed by atoms with E-state index in [1.807, 2.05) is 0 Å². The number of anilines is 1. The number of amides is 3. The average molecular weight is 410 g/mol. The lowest BCUT2D eigenvalue weighted by Crippen LogP contribution is -2.55. The second-order valence-electron chi connectivity index (χ2n) is 7.56. The van der Waals surface area contributed by atoms with Crippen LogP contribution < -0.4 is 16.0 Å². The van der Waals surface area contributed by atoms with E-state index in [0.717, 1.165) is 0 Å². The van der Waals surface area contributed by atoms with Gasteiger partial charge in [-0.3, -0.25) is 14.4 Å². The third-order valence-corrected chi connectivity index (χ3v) is 5.56. The minimum absolute atomic E-state index is 0.144. The Hall–Kier alpha value is -3.26. The van der Waals surface area contributed by atoms with Crippen LogP contribution in [0.2, 0.25) is 0 Å². The van der Waals surface area contributed by atoms with Gasteiger partial charge in [0, 0.05) is 18.2 Å². The molecular formula is C22H23FN4O3. The third-order valence-electron chi connectivity index (χ3n) is 5.56. The lowest BCUT2D eigenvalue weighted by molar-refractivity contribution is -0.124. The second kappa shape index (κ2) is 8.23. The molecule has 1 saturated heterocycles. The van der Waals surface area contributed by atoms with E-state index in [4.69, 9.17) is 0 Å². The van der Waals surface area contributed by atoms with Gasteiger partial charge in [0.15, 0.2) is 0 Å². The predicted molar refractivity (Wildman–Crippen MR) is 110 cm³/mol. The van der Waals surface area contributed by atoms with Gasteiger partial charge in [0.05, 0.1) is 17.8 Å². The molecule has 1 fully saturated rings. The number of benzene rings is 2. The van der Waals surface area contributed by atoms with Crippen LogP contribution in [0.4, 0.5) is 10.1 Å². The van der Waals surface area contributed by atoms with Crippen LogP contribution in [-0.4, -0.2) is 54.8 Å². The minimum atomic E-state index is -0.671. The first-order valence-corrected chi connectivity index (χ1v) is 9.92. The Labute approximate surface area is 173 Å². The Kier molecular flexibility index (Phi) is 5.50. The van der Waals surface area contributed by atoms with Gasteiger partial charge in [-0.1, -0.05) is 24.3 Å². The number of hydrogen-bond donors (Lipinski definition) is 3. The van der Waals surface area contributed by atoms with Crippen molar-refractivity contribution in [2.24, 2.45) is 0 Å². The number of fused-ring (bicyclic) bond motifs is 2. The van der Waals surface area contributed by atoms with Crippen molar-refractivity contribution in [3.63, 3.8) is 0 Å². The van der Waals surface area contributed by atoms with Crippen molar-refractivity contribution in [3.05, 3.63) is 53.8 Å². The number of nitrogens with one attached hydrogen (secondary N) is 3. The highest BCUT2D eigenvalue weighted by atomic mass is 19.1. The van der Waals surface area contributed by atoms with Crippen LogP contribution in [0.5, 0.6) is 0 Å². The van der Waals surface area contributed by atoms with Gasteiger partial charge < -0.3 is 20.9 Å². The monoisotopic (exact) mass is 410 g/mol. The first kappa shape index (κ1) is 20.0. The molecule has 3 amide bonds. The molecule has 156 valence electrons. The summed E-state index contributed by atoms with van der Waals surface area (Å²) in [5, 5.41) is 8.52. The topological polar surface area (TPSA) is 90.5 Å². The summed E-state index contributed by atoms with van der Waals surface area (Å²) >= 11 is 0. The molecule has 4 rings (SSSR count). The summed E-state index contributed by atoms with van der Waals surface area (Å²) in [5.41, 5.74) is 1.72. The van der Waals surface area contributed by atoms with Crippen molar-refractivity contribution in [2.45, 2.75) is 24.9 Å². The lowest BCUT2D eigenvalue weighted by atomic mass is 9.95. The summed E-state index contributed by atoms with van der Waals surface area (Å²) in [6, 6.07) is 10.5. The maximum Gasteiger partial charge on any atom is 0.256 e. The summed E-state index contributed by atoms with van der Waals surface area (Å²) in [6.45, 7) is 0.547. The molecule has 2 aliphatic rings. The van der Waals surface area contributed by atoms with Gasteiger partial charge in [-0.25, -0.2) is 4.39 Å². The van der Waals surface area contributed by atoms with Gasteiger partial charge in [0.25, 0.3) is 5.91 Å². The fourth-order valence-electron chi connectivity index (χ4n) is 4.09. The molecular weight excluding hydrogens is 387 g/mol. The molecule has 2 atom stereocenters. The summed E-state index contributed by atoms with van der Waals surface area (Å²) in [7, 11) is 1.69. The molecule has 8 heteroatoms. The fourth-order valence-corrected chi connectivity index (χ4v) is 4.09. The maximum atomic E-state index is 14.2. The Balaban J connectivity index is 1.61. The normalized spacial score (nSPS) is 20.7. The molecule has 0 radical (unpaired) electrons. The van der Waals surface area contributed by atoms with Crippen molar-refractivity contribution in [3.8, 4) is 11.1 Å². The number of likely N-dealkylation sites (N-methyl/N-ethyl adjacent to an activating group) is 1. The molecule has 2 aromatic rings. The zero-order valence-corrected chi connectivity index (χ0v) is 16.6. The van der Waals surface area contributed by atoms with E-state index in [9.17, 15) is 18.8 Å². The van der Waals surface area contributed by atoms with Gasteiger partial charge >= 0.3 is 0 Å². The molecule has 3 N–H and O–H groups in total. The Bertz CT molecular complexity index is 1010.